The molecule has 0 unspecified atom stereocenters. The number of nitrogens with two attached hydrogens (primary N) is 1. The fourth-order valence-corrected chi connectivity index (χ4v) is 1.53. The average molecular weight is 215 g/mol. The normalized spacial score (nSPS) is 11.1. The van der Waals surface area contributed by atoms with Crippen molar-refractivity contribution in [3.8, 4) is 11.6 Å². The van der Waals surface area contributed by atoms with Crippen LogP contribution in [0.5, 0.6) is 0 Å². The number of pyridine rings is 1. The fourth-order valence-electron chi connectivity index (χ4n) is 1.53. The molecule has 0 saturated heterocycles. The molecule has 7 heteroatoms. The van der Waals surface area contributed by atoms with Crippen LogP contribution in [0.2, 0.25) is 0 Å². The van der Waals surface area contributed by atoms with E-state index in [0.29, 0.717) is 11.6 Å². The van der Waals surface area contributed by atoms with Gasteiger partial charge in [-0.25, -0.2) is 0 Å². The fraction of sp³-hybridized carbons (Fsp3) is 0.111. The number of nitrogens with zero attached hydrogens (tertiary/aromatic N) is 5. The Labute approximate surface area is 90.3 Å². The summed E-state index contributed by atoms with van der Waals surface area (Å²) < 4.78 is 1.83. The minimum absolute atomic E-state index is 0.193. The summed E-state index contributed by atoms with van der Waals surface area (Å²) in [5, 5.41) is 14.6. The van der Waals surface area contributed by atoms with Crippen LogP contribution < -0.4 is 5.73 Å². The van der Waals surface area contributed by atoms with Crippen molar-refractivity contribution in [1.29, 1.82) is 0 Å². The predicted molar refractivity (Wildman–Crippen MR) is 57.5 cm³/mol. The van der Waals surface area contributed by atoms with Crippen LogP contribution in [0.4, 0.5) is 5.95 Å². The van der Waals surface area contributed by atoms with Gasteiger partial charge in [0.2, 0.25) is 11.8 Å². The molecule has 0 aliphatic rings. The zero-order valence-electron chi connectivity index (χ0n) is 8.55. The third-order valence-corrected chi connectivity index (χ3v) is 2.28. The van der Waals surface area contributed by atoms with Gasteiger partial charge in [-0.05, 0) is 24.6 Å². The maximum absolute atomic E-state index is 5.44. The van der Waals surface area contributed by atoms with Gasteiger partial charge in [0.15, 0.2) is 11.5 Å². The molecule has 0 spiro atoms. The van der Waals surface area contributed by atoms with E-state index in [1.54, 1.807) is 0 Å². The van der Waals surface area contributed by atoms with Crippen LogP contribution in [0.25, 0.3) is 17.3 Å². The molecule has 3 N–H and O–H groups in total. The van der Waals surface area contributed by atoms with E-state index in [2.05, 4.69) is 25.4 Å². The highest BCUT2D eigenvalue weighted by molar-refractivity contribution is 5.53. The first-order chi connectivity index (χ1) is 7.74. The molecule has 7 nitrogen and oxygen atoms in total. The number of aromatic nitrogens is 6. The molecule has 0 aliphatic carbocycles. The van der Waals surface area contributed by atoms with Gasteiger partial charge >= 0.3 is 0 Å². The lowest BCUT2D eigenvalue weighted by Gasteiger charge is -1.96. The average Bonchev–Trinajstić information content (AvgIpc) is 2.83. The summed E-state index contributed by atoms with van der Waals surface area (Å²) in [4.78, 5) is 4.01. The SMILES string of the molecule is Cc1ccn2c(-c3nc(N)n[nH]3)nnc2c1. The number of aromatic amines is 1. The molecule has 3 aromatic heterocycles. The smallest absolute Gasteiger partial charge is 0.239 e. The van der Waals surface area contributed by atoms with Gasteiger partial charge in [0.25, 0.3) is 0 Å². The number of nitrogen functional groups attached to an aromatic ring is 1. The van der Waals surface area contributed by atoms with Crippen LogP contribution in [0.1, 0.15) is 5.56 Å². The zero-order valence-corrected chi connectivity index (χ0v) is 8.55. The highest BCUT2D eigenvalue weighted by atomic mass is 15.3. The number of rotatable bonds is 1. The Morgan fingerprint density at radius 3 is 3.00 bits per heavy atom. The first-order valence-corrected chi connectivity index (χ1v) is 4.74. The molecular formula is C9H9N7. The van der Waals surface area contributed by atoms with E-state index >= 15 is 0 Å². The second kappa shape index (κ2) is 3.02. The van der Waals surface area contributed by atoms with Crippen LogP contribution in [0.3, 0.4) is 0 Å². The van der Waals surface area contributed by atoms with Crippen molar-refractivity contribution in [2.24, 2.45) is 0 Å². The Bertz CT molecular complexity index is 651. The number of nitrogens with one attached hydrogen (secondary N) is 1. The van der Waals surface area contributed by atoms with Gasteiger partial charge < -0.3 is 5.73 Å². The molecular weight excluding hydrogens is 206 g/mol. The summed E-state index contributed by atoms with van der Waals surface area (Å²) in [6.45, 7) is 2.00. The quantitative estimate of drug-likeness (QED) is 0.612. The third kappa shape index (κ3) is 1.22. The molecule has 0 amide bonds. The van der Waals surface area contributed by atoms with E-state index in [1.807, 2.05) is 29.7 Å². The Kier molecular flexibility index (Phi) is 1.67. The van der Waals surface area contributed by atoms with E-state index in [1.165, 1.54) is 0 Å². The van der Waals surface area contributed by atoms with Crippen molar-refractivity contribution >= 4 is 11.6 Å². The van der Waals surface area contributed by atoms with Gasteiger partial charge in [0.1, 0.15) is 0 Å². The summed E-state index contributed by atoms with van der Waals surface area (Å²) in [5.74, 6) is 1.30. The van der Waals surface area contributed by atoms with Gasteiger partial charge in [0.05, 0.1) is 0 Å². The summed E-state index contributed by atoms with van der Waals surface area (Å²) in [6, 6.07) is 3.91. The first-order valence-electron chi connectivity index (χ1n) is 4.74. The van der Waals surface area contributed by atoms with Crippen molar-refractivity contribution in [1.82, 2.24) is 29.8 Å². The van der Waals surface area contributed by atoms with E-state index in [-0.39, 0.29) is 5.95 Å². The first kappa shape index (κ1) is 8.84. The largest absolute Gasteiger partial charge is 0.366 e. The summed E-state index contributed by atoms with van der Waals surface area (Å²) in [6.07, 6.45) is 1.89. The van der Waals surface area contributed by atoms with Crippen molar-refractivity contribution in [3.63, 3.8) is 0 Å². The van der Waals surface area contributed by atoms with Crippen LogP contribution in [0, 0.1) is 6.92 Å². The van der Waals surface area contributed by atoms with Crippen LogP contribution in [0.15, 0.2) is 18.3 Å². The number of anilines is 1. The lowest BCUT2D eigenvalue weighted by molar-refractivity contribution is 1.04. The molecule has 80 valence electrons. The third-order valence-electron chi connectivity index (χ3n) is 2.28. The number of aryl methyl sites for hydroxylation is 1. The molecule has 0 atom stereocenters. The second-order valence-corrected chi connectivity index (χ2v) is 3.50. The van der Waals surface area contributed by atoms with Gasteiger partial charge in [-0.15, -0.1) is 15.3 Å². The van der Waals surface area contributed by atoms with Gasteiger partial charge in [-0.3, -0.25) is 9.50 Å². The van der Waals surface area contributed by atoms with Gasteiger partial charge in [-0.1, -0.05) is 0 Å². The molecule has 0 bridgehead atoms. The molecule has 0 radical (unpaired) electrons. The number of fused-ring (bicyclic) bond motifs is 1. The van der Waals surface area contributed by atoms with Crippen LogP contribution in [-0.2, 0) is 0 Å². The molecule has 0 saturated carbocycles. The Morgan fingerprint density at radius 2 is 2.25 bits per heavy atom. The maximum Gasteiger partial charge on any atom is 0.239 e. The van der Waals surface area contributed by atoms with Gasteiger partial charge in [0, 0.05) is 6.20 Å². The highest BCUT2D eigenvalue weighted by Crippen LogP contribution is 2.14. The highest BCUT2D eigenvalue weighted by Gasteiger charge is 2.11. The molecule has 3 aromatic rings. The monoisotopic (exact) mass is 215 g/mol. The Hall–Kier alpha value is -2.44. The lowest BCUT2D eigenvalue weighted by Crippen LogP contribution is -1.91. The molecule has 0 aromatic carbocycles. The van der Waals surface area contributed by atoms with E-state index in [4.69, 9.17) is 5.73 Å². The minimum atomic E-state index is 0.193. The molecule has 0 fully saturated rings. The zero-order chi connectivity index (χ0) is 11.1. The van der Waals surface area contributed by atoms with E-state index in [0.717, 1.165) is 11.2 Å². The van der Waals surface area contributed by atoms with E-state index in [9.17, 15) is 0 Å². The molecule has 16 heavy (non-hydrogen) atoms. The lowest BCUT2D eigenvalue weighted by atomic mass is 10.3. The van der Waals surface area contributed by atoms with Crippen LogP contribution >= 0.6 is 0 Å². The Balaban J connectivity index is 2.25. The molecule has 3 heterocycles. The molecule has 3 rings (SSSR count). The van der Waals surface area contributed by atoms with Gasteiger partial charge in [-0.2, -0.15) is 4.98 Å². The maximum atomic E-state index is 5.44. The van der Waals surface area contributed by atoms with E-state index < -0.39 is 0 Å². The number of H-pyrrole nitrogens is 1. The van der Waals surface area contributed by atoms with Crippen molar-refractivity contribution in [3.05, 3.63) is 23.9 Å². The summed E-state index contributed by atoms with van der Waals surface area (Å²) in [7, 11) is 0. The van der Waals surface area contributed by atoms with Crippen molar-refractivity contribution in [2.45, 2.75) is 6.92 Å². The second-order valence-electron chi connectivity index (χ2n) is 3.50. The number of hydrogen-bond acceptors (Lipinski definition) is 5. The minimum Gasteiger partial charge on any atom is -0.366 e. The van der Waals surface area contributed by atoms with Crippen molar-refractivity contribution < 1.29 is 0 Å². The Morgan fingerprint density at radius 1 is 1.38 bits per heavy atom. The van der Waals surface area contributed by atoms with Crippen LogP contribution in [-0.4, -0.2) is 29.8 Å². The predicted octanol–water partition coefficient (Wildman–Crippen LogP) is 0.405. The molecule has 0 aliphatic heterocycles. The summed E-state index contributed by atoms with van der Waals surface area (Å²) in [5.41, 5.74) is 7.34. The summed E-state index contributed by atoms with van der Waals surface area (Å²) >= 11 is 0. The topological polar surface area (TPSA) is 97.8 Å². The van der Waals surface area contributed by atoms with Crippen molar-refractivity contribution in [2.75, 3.05) is 5.73 Å². The standard InChI is InChI=1S/C9H9N7/c1-5-2-3-16-6(4-5)12-14-8(16)7-11-9(10)15-13-7/h2-4H,1H3,(H3,10,11,13,15). The number of hydrogen-bond donors (Lipinski definition) is 2.